The molecule has 0 aromatic heterocycles. The maximum absolute atomic E-state index is 11.0. The smallest absolute Gasteiger partial charge is 0.458 e. The molecule has 0 saturated carbocycles. The summed E-state index contributed by atoms with van der Waals surface area (Å²) in [7, 11) is -4.61. The van der Waals surface area contributed by atoms with Gasteiger partial charge in [0.05, 0.1) is 13.2 Å². The lowest BCUT2D eigenvalue weighted by Crippen LogP contribution is -2.27. The molecule has 0 unspecified atom stereocenters. The molecular weight excluding hydrogens is 443 g/mol. The molecule has 0 aromatic carbocycles. The van der Waals surface area contributed by atoms with Crippen molar-refractivity contribution in [1.82, 2.24) is 0 Å². The summed E-state index contributed by atoms with van der Waals surface area (Å²) in [6, 6.07) is 0. The third-order valence-corrected chi connectivity index (χ3v) is 4.92. The van der Waals surface area contributed by atoms with Crippen LogP contribution in [0.1, 0.15) is 78.1 Å². The van der Waals surface area contributed by atoms with Crippen molar-refractivity contribution in [3.8, 4) is 0 Å². The molecule has 0 radical (unpaired) electrons. The van der Waals surface area contributed by atoms with Crippen molar-refractivity contribution in [1.29, 1.82) is 0 Å². The van der Waals surface area contributed by atoms with Crippen LogP contribution in [0.3, 0.4) is 0 Å². The number of unbranched alkanes of at least 4 members (excludes halogenated alkanes) is 5. The average molecular weight is 487 g/mol. The molecule has 2 N–H and O–H groups in total. The van der Waals surface area contributed by atoms with Gasteiger partial charge in [0.15, 0.2) is 0 Å². The maximum atomic E-state index is 11.0. The van der Waals surface area contributed by atoms with Crippen molar-refractivity contribution < 1.29 is 33.1 Å². The normalized spacial score (nSPS) is 13.7. The van der Waals surface area contributed by atoms with Crippen molar-refractivity contribution in [2.24, 2.45) is 0 Å². The van der Waals surface area contributed by atoms with Crippen LogP contribution in [0, 0.1) is 0 Å². The van der Waals surface area contributed by atoms with Crippen LogP contribution in [0.15, 0.2) is 48.6 Å². The summed E-state index contributed by atoms with van der Waals surface area (Å²) < 4.78 is 25.5. The zero-order valence-corrected chi connectivity index (χ0v) is 21.2. The van der Waals surface area contributed by atoms with Crippen LogP contribution >= 0.6 is 7.82 Å². The minimum absolute atomic E-state index is 0.0317. The molecule has 0 fully saturated rings. The zero-order chi connectivity index (χ0) is 24.6. The molecule has 0 saturated heterocycles. The largest absolute Gasteiger partial charge is 0.469 e. The summed E-state index contributed by atoms with van der Waals surface area (Å²) in [4.78, 5) is 28.5. The minimum atomic E-state index is -4.61. The lowest BCUT2D eigenvalue weighted by atomic mass is 10.2. The molecule has 8 heteroatoms. The Morgan fingerprint density at radius 2 is 1.33 bits per heavy atom. The summed E-state index contributed by atoms with van der Waals surface area (Å²) in [5, 5.41) is 0. The van der Waals surface area contributed by atoms with Gasteiger partial charge in [-0.25, -0.2) is 4.57 Å². The topological polar surface area (TPSA) is 102 Å². The van der Waals surface area contributed by atoms with Crippen LogP contribution in [0.5, 0.6) is 0 Å². The van der Waals surface area contributed by atoms with Gasteiger partial charge in [-0.05, 0) is 51.4 Å². The Kier molecular flexibility index (Phi) is 21.3. The van der Waals surface area contributed by atoms with E-state index < -0.39 is 26.5 Å². The highest BCUT2D eigenvalue weighted by molar-refractivity contribution is 7.46. The van der Waals surface area contributed by atoms with Gasteiger partial charge in [-0.1, -0.05) is 68.4 Å². The van der Waals surface area contributed by atoms with Crippen LogP contribution in [-0.2, 0) is 23.4 Å². The van der Waals surface area contributed by atoms with Gasteiger partial charge in [-0.15, -0.1) is 0 Å². The summed E-state index contributed by atoms with van der Waals surface area (Å²) in [5.74, 6) is -0.557. The number of carbonyl (C=O) groups is 1. The predicted octanol–water partition coefficient (Wildman–Crippen LogP) is 6.19. The molecule has 0 spiro atoms. The van der Waals surface area contributed by atoms with E-state index in [9.17, 15) is 9.36 Å². The Morgan fingerprint density at radius 1 is 0.818 bits per heavy atom. The lowest BCUT2D eigenvalue weighted by Gasteiger charge is -2.17. The van der Waals surface area contributed by atoms with Gasteiger partial charge in [-0.2, -0.15) is 0 Å². The Bertz CT molecular complexity index is 635. The Balaban J connectivity index is 3.68. The van der Waals surface area contributed by atoms with Crippen LogP contribution in [0.4, 0.5) is 0 Å². The predicted molar refractivity (Wildman–Crippen MR) is 133 cm³/mol. The average Bonchev–Trinajstić information content (AvgIpc) is 2.75. The quantitative estimate of drug-likeness (QED) is 0.0863. The second-order valence-electron chi connectivity index (χ2n) is 7.68. The molecule has 0 amide bonds. The number of carbonyl (C=O) groups excluding carboxylic acids is 1. The van der Waals surface area contributed by atoms with Crippen molar-refractivity contribution >= 4 is 13.8 Å². The van der Waals surface area contributed by atoms with Gasteiger partial charge in [0, 0.05) is 13.5 Å². The Morgan fingerprint density at radius 3 is 1.82 bits per heavy atom. The van der Waals surface area contributed by atoms with Crippen LogP contribution in [-0.4, -0.2) is 41.7 Å². The summed E-state index contributed by atoms with van der Waals surface area (Å²) in [6.45, 7) is 3.54. The van der Waals surface area contributed by atoms with E-state index >= 15 is 0 Å². The highest BCUT2D eigenvalue weighted by Gasteiger charge is 2.20. The first-order valence-corrected chi connectivity index (χ1v) is 13.4. The number of rotatable bonds is 21. The Labute approximate surface area is 199 Å². The first-order chi connectivity index (χ1) is 15.8. The van der Waals surface area contributed by atoms with Crippen molar-refractivity contribution in [3.05, 3.63) is 48.6 Å². The van der Waals surface area contributed by atoms with Crippen LogP contribution < -0.4 is 0 Å². The van der Waals surface area contributed by atoms with E-state index in [4.69, 9.17) is 19.3 Å². The molecule has 0 aliphatic carbocycles. The number of esters is 1. The minimum Gasteiger partial charge on any atom is -0.458 e. The van der Waals surface area contributed by atoms with Gasteiger partial charge < -0.3 is 19.3 Å². The van der Waals surface area contributed by atoms with E-state index in [1.807, 2.05) is 0 Å². The van der Waals surface area contributed by atoms with Gasteiger partial charge >= 0.3 is 13.8 Å². The standard InChI is InChI=1S/C25H43O7P/c1-3-4-5-6-7-8-9-10-11-12-13-14-15-16-17-18-19-20-21-30-22-25(32-24(2)26)23-31-33(27,28)29/h7-8,10-11,13-14,16-17,25H,3-6,9,12,15,18-23H2,1-2H3,(H2,27,28,29)/t25-/m1/s1. The number of phosphoric ester groups is 1. The van der Waals surface area contributed by atoms with Gasteiger partial charge in [-0.3, -0.25) is 9.32 Å². The van der Waals surface area contributed by atoms with Gasteiger partial charge in [0.2, 0.25) is 0 Å². The zero-order valence-electron chi connectivity index (χ0n) is 20.3. The molecule has 0 heterocycles. The number of hydrogen-bond donors (Lipinski definition) is 2. The maximum Gasteiger partial charge on any atom is 0.469 e. The second kappa shape index (κ2) is 22.3. The monoisotopic (exact) mass is 486 g/mol. The fourth-order valence-corrected chi connectivity index (χ4v) is 3.13. The molecule has 0 rings (SSSR count). The highest BCUT2D eigenvalue weighted by Crippen LogP contribution is 2.35. The van der Waals surface area contributed by atoms with Gasteiger partial charge in [0.25, 0.3) is 0 Å². The third kappa shape index (κ3) is 26.6. The molecule has 33 heavy (non-hydrogen) atoms. The number of ether oxygens (including phenoxy) is 2. The number of hydrogen-bond acceptors (Lipinski definition) is 5. The van der Waals surface area contributed by atoms with E-state index in [0.717, 1.165) is 38.5 Å². The molecular formula is C25H43O7P. The fourth-order valence-electron chi connectivity index (χ4n) is 2.77. The Hall–Kier alpha value is -1.50. The van der Waals surface area contributed by atoms with E-state index in [2.05, 4.69) is 60.1 Å². The molecule has 1 atom stereocenters. The first kappa shape index (κ1) is 31.5. The molecule has 0 aliphatic rings. The molecule has 190 valence electrons. The molecule has 0 aromatic rings. The van der Waals surface area contributed by atoms with E-state index in [-0.39, 0.29) is 6.61 Å². The van der Waals surface area contributed by atoms with Gasteiger partial charge in [0.1, 0.15) is 6.10 Å². The SMILES string of the molecule is CCCCCC=CCC=CCC=CCC=CCCCCOC[C@H](COP(=O)(O)O)OC(C)=O. The molecule has 7 nitrogen and oxygen atoms in total. The number of phosphoric acid groups is 1. The highest BCUT2D eigenvalue weighted by atomic mass is 31.2. The molecule has 0 bridgehead atoms. The fraction of sp³-hybridized carbons (Fsp3) is 0.640. The second-order valence-corrected chi connectivity index (χ2v) is 8.92. The first-order valence-electron chi connectivity index (χ1n) is 11.9. The van der Waals surface area contributed by atoms with Crippen molar-refractivity contribution in [2.45, 2.75) is 84.2 Å². The summed E-state index contributed by atoms with van der Waals surface area (Å²) in [5.41, 5.74) is 0. The van der Waals surface area contributed by atoms with E-state index in [1.54, 1.807) is 0 Å². The van der Waals surface area contributed by atoms with Crippen LogP contribution in [0.25, 0.3) is 0 Å². The summed E-state index contributed by atoms with van der Waals surface area (Å²) >= 11 is 0. The van der Waals surface area contributed by atoms with Crippen molar-refractivity contribution in [3.63, 3.8) is 0 Å². The molecule has 0 aliphatic heterocycles. The third-order valence-electron chi connectivity index (χ3n) is 4.43. The lowest BCUT2D eigenvalue weighted by molar-refractivity contribution is -0.151. The van der Waals surface area contributed by atoms with Crippen LogP contribution in [0.2, 0.25) is 0 Å². The summed E-state index contributed by atoms with van der Waals surface area (Å²) in [6.07, 6.45) is 27.4. The van der Waals surface area contributed by atoms with E-state index in [1.165, 1.54) is 32.6 Å². The van der Waals surface area contributed by atoms with E-state index in [0.29, 0.717) is 6.61 Å². The van der Waals surface area contributed by atoms with Crippen molar-refractivity contribution in [2.75, 3.05) is 19.8 Å². The number of allylic oxidation sites excluding steroid dienone is 8.